The molecular formula is C27H30N4O5. The molecule has 0 radical (unpaired) electrons. The lowest BCUT2D eigenvalue weighted by Crippen LogP contribution is -2.49. The molecule has 2 N–H and O–H groups in total. The van der Waals surface area contributed by atoms with Gasteiger partial charge in [0.2, 0.25) is 5.91 Å². The van der Waals surface area contributed by atoms with E-state index in [9.17, 15) is 4.79 Å². The highest BCUT2D eigenvalue weighted by molar-refractivity contribution is 6.02. The van der Waals surface area contributed by atoms with Crippen molar-refractivity contribution >= 4 is 22.5 Å². The van der Waals surface area contributed by atoms with E-state index in [1.807, 2.05) is 49.4 Å². The largest absolute Gasteiger partial charge is 0.489 e. The molecule has 1 unspecified atom stereocenters. The topological polar surface area (TPSA) is 106 Å². The summed E-state index contributed by atoms with van der Waals surface area (Å²) in [5.41, 5.74) is 5.55. The van der Waals surface area contributed by atoms with Crippen LogP contribution in [0.25, 0.3) is 10.9 Å². The minimum absolute atomic E-state index is 0.00829. The van der Waals surface area contributed by atoms with Crippen molar-refractivity contribution < 1.29 is 24.3 Å². The number of aryl methyl sites for hydroxylation is 1. The van der Waals surface area contributed by atoms with Gasteiger partial charge in [-0.3, -0.25) is 19.9 Å². The fraction of sp³-hybridized carbons (Fsp3) is 0.370. The van der Waals surface area contributed by atoms with E-state index in [1.165, 1.54) is 0 Å². The van der Waals surface area contributed by atoms with Gasteiger partial charge in [-0.2, -0.15) is 0 Å². The number of oxime groups is 1. The molecule has 188 valence electrons. The number of carbonyl (C=O) groups excluding carboxylic acids is 1. The van der Waals surface area contributed by atoms with Crippen LogP contribution in [0.1, 0.15) is 29.7 Å². The van der Waals surface area contributed by atoms with Gasteiger partial charge in [-0.15, -0.1) is 0 Å². The van der Waals surface area contributed by atoms with Gasteiger partial charge < -0.3 is 14.3 Å². The van der Waals surface area contributed by atoms with Gasteiger partial charge in [0.05, 0.1) is 30.9 Å². The molecule has 9 nitrogen and oxygen atoms in total. The lowest BCUT2D eigenvalue weighted by atomic mass is 9.90. The van der Waals surface area contributed by atoms with E-state index < -0.39 is 11.5 Å². The third kappa shape index (κ3) is 5.48. The predicted molar refractivity (Wildman–Crippen MR) is 134 cm³/mol. The highest BCUT2D eigenvalue weighted by atomic mass is 16.7. The second-order valence-electron chi connectivity index (χ2n) is 9.34. The third-order valence-electron chi connectivity index (χ3n) is 6.57. The van der Waals surface area contributed by atoms with Gasteiger partial charge in [0.15, 0.2) is 5.60 Å². The van der Waals surface area contributed by atoms with Crippen LogP contribution >= 0.6 is 0 Å². The lowest BCUT2D eigenvalue weighted by Gasteiger charge is -2.34. The van der Waals surface area contributed by atoms with Crippen LogP contribution in [0.15, 0.2) is 59.8 Å². The molecule has 1 amide bonds. The predicted octanol–water partition coefficient (Wildman–Crippen LogP) is 3.21. The Morgan fingerprint density at radius 1 is 1.17 bits per heavy atom. The number of hydrogen-bond acceptors (Lipinski definition) is 8. The van der Waals surface area contributed by atoms with Crippen LogP contribution in [0.2, 0.25) is 0 Å². The number of fused-ring (bicyclic) bond motifs is 1. The second kappa shape index (κ2) is 10.6. The van der Waals surface area contributed by atoms with E-state index in [4.69, 9.17) is 19.5 Å². The molecule has 2 aliphatic rings. The number of para-hydroxylation sites is 1. The highest BCUT2D eigenvalue weighted by Crippen LogP contribution is 2.32. The fourth-order valence-corrected chi connectivity index (χ4v) is 4.83. The fourth-order valence-electron chi connectivity index (χ4n) is 4.83. The smallest absolute Gasteiger partial charge is 0.247 e. The Kier molecular flexibility index (Phi) is 7.13. The summed E-state index contributed by atoms with van der Waals surface area (Å²) in [6.07, 6.45) is 0.467. The Balaban J connectivity index is 1.26. The molecular weight excluding hydrogens is 460 g/mol. The van der Waals surface area contributed by atoms with Crippen LogP contribution in [0, 0.1) is 6.92 Å². The van der Waals surface area contributed by atoms with Crippen LogP contribution in [-0.2, 0) is 21.0 Å². The Morgan fingerprint density at radius 3 is 2.72 bits per heavy atom. The molecule has 36 heavy (non-hydrogen) atoms. The number of amides is 1. The van der Waals surface area contributed by atoms with E-state index in [-0.39, 0.29) is 6.42 Å². The maximum Gasteiger partial charge on any atom is 0.247 e. The van der Waals surface area contributed by atoms with Crippen molar-refractivity contribution in [1.82, 2.24) is 15.4 Å². The average Bonchev–Trinajstić information content (AvgIpc) is 3.31. The van der Waals surface area contributed by atoms with Crippen LogP contribution < -0.4 is 10.2 Å². The monoisotopic (exact) mass is 490 g/mol. The summed E-state index contributed by atoms with van der Waals surface area (Å²) in [5.74, 6) is 0.249. The molecule has 0 spiro atoms. The first-order valence-electron chi connectivity index (χ1n) is 12.1. The van der Waals surface area contributed by atoms with Gasteiger partial charge in [0, 0.05) is 42.7 Å². The molecule has 1 fully saturated rings. The number of hydrogen-bond donors (Lipinski definition) is 2. The summed E-state index contributed by atoms with van der Waals surface area (Å²) < 4.78 is 11.5. The summed E-state index contributed by atoms with van der Waals surface area (Å²) in [6, 6.07) is 17.8. The molecule has 9 heteroatoms. The maximum absolute atomic E-state index is 12.0. The summed E-state index contributed by atoms with van der Waals surface area (Å²) in [7, 11) is 0. The number of ether oxygens (including phenoxy) is 2. The molecule has 2 aliphatic heterocycles. The number of carbonyl (C=O) groups is 1. The summed E-state index contributed by atoms with van der Waals surface area (Å²) in [5, 5.41) is 14.5. The minimum atomic E-state index is -0.838. The SMILES string of the molecule is Cc1cc(COc2ccc(C3=NOC(CC(=O)NO)(CN4CCOCC4)C3)cc2)c2ccccc2n1. The first-order chi connectivity index (χ1) is 17.5. The average molecular weight is 491 g/mol. The van der Waals surface area contributed by atoms with Crippen molar-refractivity contribution in [2.75, 3.05) is 32.8 Å². The number of rotatable bonds is 8. The Hall–Kier alpha value is -3.53. The summed E-state index contributed by atoms with van der Waals surface area (Å²) in [4.78, 5) is 24.7. The van der Waals surface area contributed by atoms with Gasteiger partial charge in [-0.25, -0.2) is 5.48 Å². The molecule has 2 aromatic carbocycles. The molecule has 0 bridgehead atoms. The summed E-state index contributed by atoms with van der Waals surface area (Å²) >= 11 is 0. The van der Waals surface area contributed by atoms with Crippen LogP contribution in [0.4, 0.5) is 0 Å². The molecule has 1 saturated heterocycles. The minimum Gasteiger partial charge on any atom is -0.489 e. The maximum atomic E-state index is 12.0. The van der Waals surface area contributed by atoms with Crippen molar-refractivity contribution in [3.63, 3.8) is 0 Å². The Bertz CT molecular complexity index is 1260. The van der Waals surface area contributed by atoms with Crippen molar-refractivity contribution in [3.05, 3.63) is 71.4 Å². The number of hydroxylamine groups is 1. The van der Waals surface area contributed by atoms with Gasteiger partial charge >= 0.3 is 0 Å². The van der Waals surface area contributed by atoms with Gasteiger partial charge in [0.1, 0.15) is 12.4 Å². The summed E-state index contributed by atoms with van der Waals surface area (Å²) in [6.45, 7) is 5.76. The second-order valence-corrected chi connectivity index (χ2v) is 9.34. The van der Waals surface area contributed by atoms with Crippen molar-refractivity contribution in [1.29, 1.82) is 0 Å². The molecule has 0 saturated carbocycles. The number of nitrogens with zero attached hydrogens (tertiary/aromatic N) is 3. The lowest BCUT2D eigenvalue weighted by molar-refractivity contribution is -0.138. The standard InChI is InChI=1S/C27H30N4O5/c1-19-14-21(23-4-2-3-5-24(23)28-19)17-35-22-8-6-20(7-9-22)25-15-27(36-30-25,16-26(32)29-33)18-31-10-12-34-13-11-31/h2-9,14,33H,10-13,15-18H2,1H3,(H,29,32). The zero-order valence-electron chi connectivity index (χ0n) is 20.3. The number of nitrogens with one attached hydrogen (secondary N) is 1. The van der Waals surface area contributed by atoms with E-state index in [0.29, 0.717) is 32.8 Å². The van der Waals surface area contributed by atoms with Gasteiger partial charge in [-0.05, 0) is 48.9 Å². The number of morpholine rings is 1. The van der Waals surface area contributed by atoms with Crippen molar-refractivity contribution in [2.45, 2.75) is 32.0 Å². The quantitative estimate of drug-likeness (QED) is 0.369. The third-order valence-corrected chi connectivity index (χ3v) is 6.57. The first kappa shape index (κ1) is 24.2. The number of pyridine rings is 1. The number of benzene rings is 2. The van der Waals surface area contributed by atoms with E-state index in [2.05, 4.69) is 27.2 Å². The van der Waals surface area contributed by atoms with E-state index >= 15 is 0 Å². The molecule has 3 aromatic rings. The van der Waals surface area contributed by atoms with E-state index in [0.717, 1.165) is 52.3 Å². The normalized spacial score (nSPS) is 20.1. The van der Waals surface area contributed by atoms with Gasteiger partial charge in [0.25, 0.3) is 0 Å². The Morgan fingerprint density at radius 2 is 1.94 bits per heavy atom. The molecule has 1 atom stereocenters. The van der Waals surface area contributed by atoms with Crippen LogP contribution in [0.5, 0.6) is 5.75 Å². The molecule has 1 aromatic heterocycles. The molecule has 3 heterocycles. The van der Waals surface area contributed by atoms with Gasteiger partial charge in [-0.1, -0.05) is 23.4 Å². The Labute approximate surface area is 209 Å². The molecule has 0 aliphatic carbocycles. The van der Waals surface area contributed by atoms with E-state index in [1.54, 1.807) is 5.48 Å². The highest BCUT2D eigenvalue weighted by Gasteiger charge is 2.43. The van der Waals surface area contributed by atoms with Crippen LogP contribution in [0.3, 0.4) is 0 Å². The van der Waals surface area contributed by atoms with Crippen LogP contribution in [-0.4, -0.2) is 65.2 Å². The van der Waals surface area contributed by atoms with Crippen molar-refractivity contribution in [2.24, 2.45) is 5.16 Å². The zero-order chi connectivity index (χ0) is 25.0. The first-order valence-corrected chi connectivity index (χ1v) is 12.1. The number of aromatic nitrogens is 1. The molecule has 5 rings (SSSR count). The zero-order valence-corrected chi connectivity index (χ0v) is 20.3. The van der Waals surface area contributed by atoms with Crippen molar-refractivity contribution in [3.8, 4) is 5.75 Å².